The molecule has 0 saturated carbocycles. The lowest BCUT2D eigenvalue weighted by Crippen LogP contribution is -1.66. The van der Waals surface area contributed by atoms with Crippen molar-refractivity contribution >= 4 is 7.53 Å². The third-order valence-electron chi connectivity index (χ3n) is 2.11. The second kappa shape index (κ2) is 3.97. The lowest BCUT2D eigenvalue weighted by Gasteiger charge is -1.93. The van der Waals surface area contributed by atoms with Crippen LogP contribution in [0.2, 0.25) is 0 Å². The van der Waals surface area contributed by atoms with Crippen LogP contribution in [-0.4, -0.2) is 0 Å². The number of unbranched alkanes of at least 4 members (excludes halogenated alkanes) is 1. The topological polar surface area (TPSA) is 0 Å². The maximum Gasteiger partial charge on any atom is -0.0141 e. The highest BCUT2D eigenvalue weighted by Crippen LogP contribution is 2.34. The Morgan fingerprint density at radius 2 is 1.73 bits per heavy atom. The number of hydrogen-bond donors (Lipinski definition) is 0. The predicted molar refractivity (Wildman–Crippen MR) is 53.5 cm³/mol. The zero-order valence-electron chi connectivity index (χ0n) is 7.72. The average molecular weight is 168 g/mol. The summed E-state index contributed by atoms with van der Waals surface area (Å²) in [6.45, 7) is 6.71. The average Bonchev–Trinajstić information content (AvgIpc) is 2.28. The molecule has 1 heteroatoms. The van der Waals surface area contributed by atoms with Crippen molar-refractivity contribution in [3.05, 3.63) is 22.7 Å². The molecule has 0 atom stereocenters. The maximum atomic E-state index is 2.46. The molecule has 0 bridgehead atoms. The predicted octanol–water partition coefficient (Wildman–Crippen LogP) is 4.09. The highest BCUT2D eigenvalue weighted by atomic mass is 31.1. The Kier molecular flexibility index (Phi) is 3.20. The summed E-state index contributed by atoms with van der Waals surface area (Å²) in [7, 11) is 0.146. The van der Waals surface area contributed by atoms with Crippen LogP contribution in [0.1, 0.15) is 30.9 Å². The summed E-state index contributed by atoms with van der Waals surface area (Å²) in [6, 6.07) is 0. The van der Waals surface area contributed by atoms with E-state index in [1.54, 1.807) is 0 Å². The molecular weight excluding hydrogens is 151 g/mol. The Labute approximate surface area is 70.7 Å². The van der Waals surface area contributed by atoms with E-state index in [0.717, 1.165) is 0 Å². The summed E-state index contributed by atoms with van der Waals surface area (Å²) in [5, 5.41) is 0. The van der Waals surface area contributed by atoms with Crippen LogP contribution >= 0.6 is 7.53 Å². The summed E-state index contributed by atoms with van der Waals surface area (Å²) < 4.78 is 0. The van der Waals surface area contributed by atoms with Crippen molar-refractivity contribution in [2.45, 2.75) is 39.8 Å². The SMILES string of the molecule is CCCCp1cc(C)c(C)c1. The molecule has 1 heterocycles. The first-order valence-corrected chi connectivity index (χ1v) is 6.03. The molecule has 0 radical (unpaired) electrons. The molecule has 0 aromatic carbocycles. The van der Waals surface area contributed by atoms with E-state index in [1.165, 1.54) is 30.1 Å². The minimum Gasteiger partial charge on any atom is -0.124 e. The normalized spacial score (nSPS) is 10.5. The van der Waals surface area contributed by atoms with Crippen molar-refractivity contribution in [2.75, 3.05) is 0 Å². The number of hydrogen-bond acceptors (Lipinski definition) is 0. The third kappa shape index (κ3) is 2.38. The van der Waals surface area contributed by atoms with Gasteiger partial charge >= 0.3 is 0 Å². The van der Waals surface area contributed by atoms with Gasteiger partial charge in [0.2, 0.25) is 0 Å². The van der Waals surface area contributed by atoms with Crippen LogP contribution in [0.25, 0.3) is 0 Å². The summed E-state index contributed by atoms with van der Waals surface area (Å²) in [6.07, 6.45) is 4.12. The van der Waals surface area contributed by atoms with Gasteiger partial charge in [0, 0.05) is 0 Å². The molecule has 1 aromatic heterocycles. The molecule has 62 valence electrons. The number of rotatable bonds is 3. The maximum absolute atomic E-state index is 2.46. The van der Waals surface area contributed by atoms with Gasteiger partial charge in [-0.05, 0) is 49.2 Å². The van der Waals surface area contributed by atoms with Crippen molar-refractivity contribution < 1.29 is 0 Å². The van der Waals surface area contributed by atoms with E-state index in [0.29, 0.717) is 0 Å². The van der Waals surface area contributed by atoms with Gasteiger partial charge < -0.3 is 0 Å². The minimum absolute atomic E-state index is 0.146. The molecule has 0 unspecified atom stereocenters. The fourth-order valence-electron chi connectivity index (χ4n) is 1.21. The first-order valence-electron chi connectivity index (χ1n) is 4.37. The van der Waals surface area contributed by atoms with E-state index in [2.05, 4.69) is 32.4 Å². The Hall–Kier alpha value is -0.220. The van der Waals surface area contributed by atoms with Crippen molar-refractivity contribution in [3.8, 4) is 0 Å². The number of aryl methyl sites for hydroxylation is 3. The van der Waals surface area contributed by atoms with Crippen LogP contribution in [0, 0.1) is 13.8 Å². The van der Waals surface area contributed by atoms with Crippen LogP contribution in [0.15, 0.2) is 11.6 Å². The zero-order valence-corrected chi connectivity index (χ0v) is 8.62. The van der Waals surface area contributed by atoms with Crippen molar-refractivity contribution in [1.82, 2.24) is 0 Å². The van der Waals surface area contributed by atoms with Gasteiger partial charge in [0.25, 0.3) is 0 Å². The van der Waals surface area contributed by atoms with Gasteiger partial charge in [-0.2, -0.15) is 0 Å². The van der Waals surface area contributed by atoms with Crippen LogP contribution in [0.3, 0.4) is 0 Å². The van der Waals surface area contributed by atoms with E-state index in [-0.39, 0.29) is 7.53 Å². The lowest BCUT2D eigenvalue weighted by atomic mass is 10.2. The summed E-state index contributed by atoms with van der Waals surface area (Å²) in [5.74, 6) is 4.92. The van der Waals surface area contributed by atoms with Crippen molar-refractivity contribution in [2.24, 2.45) is 0 Å². The Morgan fingerprint density at radius 3 is 2.18 bits per heavy atom. The monoisotopic (exact) mass is 168 g/mol. The van der Waals surface area contributed by atoms with Crippen LogP contribution in [0.4, 0.5) is 0 Å². The molecule has 1 rings (SSSR count). The van der Waals surface area contributed by atoms with Gasteiger partial charge in [-0.1, -0.05) is 13.3 Å². The molecule has 0 aliphatic heterocycles. The molecule has 0 saturated heterocycles. The molecule has 0 aliphatic rings. The van der Waals surface area contributed by atoms with Crippen LogP contribution < -0.4 is 0 Å². The molecule has 0 spiro atoms. The van der Waals surface area contributed by atoms with Gasteiger partial charge in [0.15, 0.2) is 0 Å². The molecule has 0 aliphatic carbocycles. The van der Waals surface area contributed by atoms with Gasteiger partial charge in [0.05, 0.1) is 0 Å². The van der Waals surface area contributed by atoms with Crippen LogP contribution in [-0.2, 0) is 6.16 Å². The highest BCUT2D eigenvalue weighted by molar-refractivity contribution is 7.47. The summed E-state index contributed by atoms with van der Waals surface area (Å²) in [4.78, 5) is 0. The molecule has 1 aromatic rings. The Balaban J connectivity index is 2.58. The molecule has 0 nitrogen and oxygen atoms in total. The highest BCUT2D eigenvalue weighted by Gasteiger charge is 1.97. The van der Waals surface area contributed by atoms with E-state index in [4.69, 9.17) is 0 Å². The van der Waals surface area contributed by atoms with Gasteiger partial charge in [0.1, 0.15) is 0 Å². The fourth-order valence-corrected chi connectivity index (χ4v) is 3.62. The molecular formula is C10H17P. The van der Waals surface area contributed by atoms with Gasteiger partial charge in [-0.25, -0.2) is 0 Å². The van der Waals surface area contributed by atoms with E-state index in [1.807, 2.05) is 0 Å². The molecule has 0 amide bonds. The summed E-state index contributed by atoms with van der Waals surface area (Å²) in [5.41, 5.74) is 3.01. The Morgan fingerprint density at radius 1 is 1.18 bits per heavy atom. The molecule has 0 fully saturated rings. The van der Waals surface area contributed by atoms with Gasteiger partial charge in [-0.3, -0.25) is 0 Å². The van der Waals surface area contributed by atoms with E-state index in [9.17, 15) is 0 Å². The van der Waals surface area contributed by atoms with Crippen molar-refractivity contribution in [1.29, 1.82) is 0 Å². The zero-order chi connectivity index (χ0) is 8.27. The largest absolute Gasteiger partial charge is 0.124 e. The summed E-state index contributed by atoms with van der Waals surface area (Å²) >= 11 is 0. The lowest BCUT2D eigenvalue weighted by molar-refractivity contribution is 0.855. The van der Waals surface area contributed by atoms with Gasteiger partial charge in [-0.15, -0.1) is 7.53 Å². The molecule has 11 heavy (non-hydrogen) atoms. The first-order chi connectivity index (χ1) is 5.24. The molecule has 0 N–H and O–H groups in total. The quantitative estimate of drug-likeness (QED) is 0.637. The third-order valence-corrected chi connectivity index (χ3v) is 4.38. The second-order valence-electron chi connectivity index (χ2n) is 3.22. The second-order valence-corrected chi connectivity index (χ2v) is 5.21. The van der Waals surface area contributed by atoms with E-state index < -0.39 is 0 Å². The standard InChI is InChI=1S/C10H17P/c1-4-5-6-11-7-9(2)10(3)8-11/h7-8H,4-6H2,1-3H3. The fraction of sp³-hybridized carbons (Fsp3) is 0.600. The first kappa shape index (κ1) is 8.87. The van der Waals surface area contributed by atoms with E-state index >= 15 is 0 Å². The minimum atomic E-state index is 0.146. The smallest absolute Gasteiger partial charge is 0.0141 e. The van der Waals surface area contributed by atoms with Crippen molar-refractivity contribution in [3.63, 3.8) is 0 Å². The Bertz CT molecular complexity index is 203. The van der Waals surface area contributed by atoms with Crippen LogP contribution in [0.5, 0.6) is 0 Å².